The van der Waals surface area contributed by atoms with Gasteiger partial charge in [0.15, 0.2) is 11.7 Å². The highest BCUT2D eigenvalue weighted by atomic mass is 79.9. The lowest BCUT2D eigenvalue weighted by atomic mass is 9.86. The number of aryl methyl sites for hydroxylation is 1. The number of hydrazine groups is 1. The number of thiocarbonyl (C=S) groups is 1. The second-order valence-corrected chi connectivity index (χ2v) is 9.30. The van der Waals surface area contributed by atoms with Crippen LogP contribution >= 0.6 is 39.7 Å². The highest BCUT2D eigenvalue weighted by Crippen LogP contribution is 2.30. The first-order chi connectivity index (χ1) is 14.0. The van der Waals surface area contributed by atoms with Crippen LogP contribution in [0.5, 0.6) is 5.75 Å². The number of rotatable bonds is 4. The molecule has 160 valence electrons. The summed E-state index contributed by atoms with van der Waals surface area (Å²) in [6.07, 6.45) is 0. The molecule has 6 nitrogen and oxygen atoms in total. The third-order valence-electron chi connectivity index (χ3n) is 4.08. The first-order valence-corrected chi connectivity index (χ1v) is 10.6. The fourth-order valence-electron chi connectivity index (χ4n) is 2.55. The van der Waals surface area contributed by atoms with Crippen molar-refractivity contribution in [3.63, 3.8) is 0 Å². The maximum absolute atomic E-state index is 12.4. The molecule has 0 unspecified atom stereocenters. The molecule has 9 heteroatoms. The smallest absolute Gasteiger partial charge is 0.276 e. The second-order valence-electron chi connectivity index (χ2n) is 7.60. The van der Waals surface area contributed by atoms with Crippen molar-refractivity contribution in [1.82, 2.24) is 16.2 Å². The molecule has 2 aromatic carbocycles. The Balaban J connectivity index is 1.83. The van der Waals surface area contributed by atoms with Gasteiger partial charge >= 0.3 is 0 Å². The summed E-state index contributed by atoms with van der Waals surface area (Å²) in [6.45, 7) is 7.87. The number of amides is 2. The van der Waals surface area contributed by atoms with Crippen molar-refractivity contribution in [1.29, 1.82) is 0 Å². The maximum atomic E-state index is 12.4. The quantitative estimate of drug-likeness (QED) is 0.417. The van der Waals surface area contributed by atoms with E-state index in [1.54, 1.807) is 30.3 Å². The molecule has 0 heterocycles. The molecule has 0 aliphatic rings. The third kappa shape index (κ3) is 6.97. The molecule has 2 amide bonds. The van der Waals surface area contributed by atoms with Gasteiger partial charge in [0.25, 0.3) is 11.8 Å². The van der Waals surface area contributed by atoms with Gasteiger partial charge in [-0.15, -0.1) is 0 Å². The summed E-state index contributed by atoms with van der Waals surface area (Å²) in [4.78, 5) is 24.3. The average molecular weight is 513 g/mol. The minimum Gasteiger partial charge on any atom is -0.483 e. The van der Waals surface area contributed by atoms with Crippen molar-refractivity contribution < 1.29 is 14.3 Å². The monoisotopic (exact) mass is 511 g/mol. The molecule has 30 heavy (non-hydrogen) atoms. The fraction of sp³-hybridized carbons (Fsp3) is 0.286. The van der Waals surface area contributed by atoms with E-state index in [2.05, 4.69) is 52.9 Å². The summed E-state index contributed by atoms with van der Waals surface area (Å²) >= 11 is 14.5. The Morgan fingerprint density at radius 1 is 1.13 bits per heavy atom. The van der Waals surface area contributed by atoms with Crippen molar-refractivity contribution in [2.24, 2.45) is 0 Å². The van der Waals surface area contributed by atoms with E-state index in [1.165, 1.54) is 0 Å². The largest absolute Gasteiger partial charge is 0.483 e. The second kappa shape index (κ2) is 10.2. The zero-order chi connectivity index (χ0) is 22.5. The number of hydrogen-bond acceptors (Lipinski definition) is 4. The van der Waals surface area contributed by atoms with Crippen LogP contribution in [0.2, 0.25) is 5.02 Å². The van der Waals surface area contributed by atoms with Gasteiger partial charge in [-0.1, -0.05) is 54.4 Å². The van der Waals surface area contributed by atoms with Gasteiger partial charge in [-0.05, 0) is 66.0 Å². The van der Waals surface area contributed by atoms with Gasteiger partial charge < -0.3 is 4.74 Å². The number of benzene rings is 2. The number of nitrogens with one attached hydrogen (secondary N) is 3. The Morgan fingerprint density at radius 3 is 2.43 bits per heavy atom. The molecule has 0 radical (unpaired) electrons. The van der Waals surface area contributed by atoms with Crippen molar-refractivity contribution >= 4 is 56.7 Å². The summed E-state index contributed by atoms with van der Waals surface area (Å²) in [5.74, 6) is -0.302. The molecule has 0 aromatic heterocycles. The van der Waals surface area contributed by atoms with Crippen molar-refractivity contribution in [2.45, 2.75) is 33.1 Å². The average Bonchev–Trinajstić information content (AvgIpc) is 2.64. The molecule has 3 N–H and O–H groups in total. The number of hydrogen-bond donors (Lipinski definition) is 3. The standard InChI is InChI=1S/C21H23BrClN3O3S/c1-12-9-14(23)6-8-17(12)29-11-18(27)25-26-20(30)24-19(28)13-5-7-15(16(22)10-13)21(2,3)4/h5-10H,11H2,1-4H3,(H,25,27)(H2,24,26,28,30). The molecule has 0 aliphatic heterocycles. The van der Waals surface area contributed by atoms with E-state index >= 15 is 0 Å². The SMILES string of the molecule is Cc1cc(Cl)ccc1OCC(=O)NNC(=S)NC(=O)c1ccc(C(C)(C)C)c(Br)c1. The lowest BCUT2D eigenvalue weighted by molar-refractivity contribution is -0.123. The van der Waals surface area contributed by atoms with E-state index in [0.29, 0.717) is 16.3 Å². The molecule has 2 rings (SSSR count). The zero-order valence-electron chi connectivity index (χ0n) is 17.1. The van der Waals surface area contributed by atoms with Gasteiger partial charge in [0.2, 0.25) is 0 Å². The predicted octanol–water partition coefficient (Wildman–Crippen LogP) is 4.42. The van der Waals surface area contributed by atoms with Crippen molar-refractivity contribution in [3.05, 3.63) is 62.6 Å². The summed E-state index contributed by atoms with van der Waals surface area (Å²) < 4.78 is 6.28. The van der Waals surface area contributed by atoms with Crippen LogP contribution in [0.15, 0.2) is 40.9 Å². The fourth-order valence-corrected chi connectivity index (χ4v) is 3.90. The van der Waals surface area contributed by atoms with Crippen LogP contribution in [0.3, 0.4) is 0 Å². The van der Waals surface area contributed by atoms with Gasteiger partial charge in [-0.25, -0.2) is 0 Å². The molecule has 0 atom stereocenters. The summed E-state index contributed by atoms with van der Waals surface area (Å²) in [5, 5.41) is 3.07. The molecule has 0 spiro atoms. The minimum absolute atomic E-state index is 0.0351. The first kappa shape index (κ1) is 24.1. The van der Waals surface area contributed by atoms with Crippen LogP contribution in [0.1, 0.15) is 42.3 Å². The predicted molar refractivity (Wildman–Crippen MR) is 126 cm³/mol. The molecule has 0 saturated heterocycles. The highest BCUT2D eigenvalue weighted by Gasteiger charge is 2.18. The molecule has 2 aromatic rings. The van der Waals surface area contributed by atoms with Gasteiger partial charge in [0, 0.05) is 15.1 Å². The molecule has 0 fully saturated rings. The number of ether oxygens (including phenoxy) is 1. The Kier molecular flexibility index (Phi) is 8.23. The third-order valence-corrected chi connectivity index (χ3v) is 5.17. The molecular formula is C21H23BrClN3O3S. The summed E-state index contributed by atoms with van der Waals surface area (Å²) in [5.41, 5.74) is 7.14. The Hall–Kier alpha value is -2.16. The van der Waals surface area contributed by atoms with Gasteiger partial charge in [-0.3, -0.25) is 25.8 Å². The number of carbonyl (C=O) groups excluding carboxylic acids is 2. The lowest BCUT2D eigenvalue weighted by Crippen LogP contribution is -2.49. The highest BCUT2D eigenvalue weighted by molar-refractivity contribution is 9.10. The van der Waals surface area contributed by atoms with Crippen LogP contribution < -0.4 is 20.9 Å². The van der Waals surface area contributed by atoms with Crippen LogP contribution in [-0.2, 0) is 10.2 Å². The molecule has 0 bridgehead atoms. The number of halogens is 2. The Morgan fingerprint density at radius 2 is 1.83 bits per heavy atom. The van der Waals surface area contributed by atoms with Crippen LogP contribution in [-0.4, -0.2) is 23.5 Å². The summed E-state index contributed by atoms with van der Waals surface area (Å²) in [7, 11) is 0. The van der Waals surface area contributed by atoms with E-state index in [1.807, 2.05) is 13.0 Å². The Bertz CT molecular complexity index is 976. The van der Waals surface area contributed by atoms with E-state index in [9.17, 15) is 9.59 Å². The van der Waals surface area contributed by atoms with Crippen molar-refractivity contribution in [3.8, 4) is 5.75 Å². The summed E-state index contributed by atoms with van der Waals surface area (Å²) in [6, 6.07) is 10.5. The van der Waals surface area contributed by atoms with E-state index in [0.717, 1.165) is 15.6 Å². The lowest BCUT2D eigenvalue weighted by Gasteiger charge is -2.21. The number of carbonyl (C=O) groups is 2. The van der Waals surface area contributed by atoms with E-state index < -0.39 is 11.8 Å². The first-order valence-electron chi connectivity index (χ1n) is 9.06. The van der Waals surface area contributed by atoms with E-state index in [4.69, 9.17) is 28.6 Å². The minimum atomic E-state index is -0.460. The van der Waals surface area contributed by atoms with E-state index in [-0.39, 0.29) is 17.1 Å². The molecule has 0 saturated carbocycles. The normalized spacial score (nSPS) is 10.9. The molecule has 0 aliphatic carbocycles. The Labute approximate surface area is 194 Å². The van der Waals surface area contributed by atoms with Crippen LogP contribution in [0, 0.1) is 6.92 Å². The molecular weight excluding hydrogens is 490 g/mol. The van der Waals surface area contributed by atoms with Gasteiger partial charge in [0.1, 0.15) is 5.75 Å². The van der Waals surface area contributed by atoms with Gasteiger partial charge in [-0.2, -0.15) is 0 Å². The van der Waals surface area contributed by atoms with Gasteiger partial charge in [0.05, 0.1) is 0 Å². The zero-order valence-corrected chi connectivity index (χ0v) is 20.2. The van der Waals surface area contributed by atoms with Crippen LogP contribution in [0.4, 0.5) is 0 Å². The van der Waals surface area contributed by atoms with Crippen molar-refractivity contribution in [2.75, 3.05) is 6.61 Å². The maximum Gasteiger partial charge on any atom is 0.276 e. The van der Waals surface area contributed by atoms with Crippen LogP contribution in [0.25, 0.3) is 0 Å². The topological polar surface area (TPSA) is 79.5 Å².